The number of guanidine groups is 1. The average Bonchev–Trinajstić information content (AvgIpc) is 3.16. The number of nitrogens with zero attached hydrogens (tertiary/aromatic N) is 3. The maximum Gasteiger partial charge on any atom is 0.329 e. The van der Waals surface area contributed by atoms with Crippen LogP contribution in [-0.2, 0) is 44.7 Å². The van der Waals surface area contributed by atoms with E-state index in [1.165, 1.54) is 30.9 Å². The van der Waals surface area contributed by atoms with E-state index in [0.717, 1.165) is 5.56 Å². The van der Waals surface area contributed by atoms with Crippen LogP contribution in [0.25, 0.3) is 0 Å². The normalized spacial score (nSPS) is 28.7. The van der Waals surface area contributed by atoms with Gasteiger partial charge in [0, 0.05) is 27.1 Å². The van der Waals surface area contributed by atoms with Gasteiger partial charge in [-0.3, -0.25) is 29.0 Å². The molecular weight excluding hydrogens is 710 g/mol. The third-order valence-corrected chi connectivity index (χ3v) is 10.7. The second kappa shape index (κ2) is 20.8. The Morgan fingerprint density at radius 2 is 1.58 bits per heavy atom. The molecule has 10 atom stereocenters. The quantitative estimate of drug-likeness (QED) is 0.0749. The number of amides is 5. The van der Waals surface area contributed by atoms with Crippen LogP contribution in [0, 0.1) is 11.8 Å². The lowest BCUT2D eigenvalue weighted by Gasteiger charge is -2.46. The fourth-order valence-electron chi connectivity index (χ4n) is 6.81. The van der Waals surface area contributed by atoms with Crippen LogP contribution in [0.1, 0.15) is 78.7 Å². The zero-order valence-corrected chi connectivity index (χ0v) is 33.2. The van der Waals surface area contributed by atoms with Crippen molar-refractivity contribution in [1.29, 1.82) is 0 Å². The van der Waals surface area contributed by atoms with Crippen molar-refractivity contribution in [1.82, 2.24) is 25.8 Å². The Labute approximate surface area is 323 Å². The van der Waals surface area contributed by atoms with E-state index in [9.17, 15) is 28.8 Å². The highest BCUT2D eigenvalue weighted by molar-refractivity contribution is 5.97. The summed E-state index contributed by atoms with van der Waals surface area (Å²) >= 11 is 0. The Kier molecular flexibility index (Phi) is 16.9. The van der Waals surface area contributed by atoms with Crippen LogP contribution in [0.15, 0.2) is 35.3 Å². The van der Waals surface area contributed by atoms with E-state index < -0.39 is 95.9 Å². The van der Waals surface area contributed by atoms with Gasteiger partial charge in [0.25, 0.3) is 0 Å². The molecule has 17 heteroatoms. The minimum Gasteiger partial charge on any atom is -0.459 e. The fourth-order valence-corrected chi connectivity index (χ4v) is 6.81. The largest absolute Gasteiger partial charge is 0.459 e. The number of carbonyl (C=O) groups is 6. The first kappa shape index (κ1) is 44.6. The van der Waals surface area contributed by atoms with Crippen molar-refractivity contribution in [2.75, 3.05) is 20.7 Å². The van der Waals surface area contributed by atoms with Crippen LogP contribution in [0.4, 0.5) is 0 Å². The molecule has 0 aromatic heterocycles. The summed E-state index contributed by atoms with van der Waals surface area (Å²) in [6.07, 6.45) is -0.108. The first-order valence-corrected chi connectivity index (χ1v) is 19.1. The van der Waals surface area contributed by atoms with Crippen molar-refractivity contribution in [3.8, 4) is 0 Å². The van der Waals surface area contributed by atoms with Crippen molar-refractivity contribution in [2.24, 2.45) is 34.0 Å². The summed E-state index contributed by atoms with van der Waals surface area (Å²) in [6.45, 7) is 8.95. The number of aliphatic imine (C=N–C) groups is 1. The van der Waals surface area contributed by atoms with E-state index in [0.29, 0.717) is 12.8 Å². The van der Waals surface area contributed by atoms with E-state index in [4.69, 9.17) is 26.7 Å². The second-order valence-corrected chi connectivity index (χ2v) is 14.6. The summed E-state index contributed by atoms with van der Waals surface area (Å²) in [5, 5.41) is 8.27. The second-order valence-electron chi connectivity index (χ2n) is 14.6. The Morgan fingerprint density at radius 1 is 0.927 bits per heavy atom. The molecule has 2 saturated heterocycles. The van der Waals surface area contributed by atoms with Crippen molar-refractivity contribution in [3.63, 3.8) is 0 Å². The average molecular weight is 772 g/mol. The molecular formula is C38H61N9O8. The van der Waals surface area contributed by atoms with Crippen molar-refractivity contribution < 1.29 is 38.2 Å². The molecule has 306 valence electrons. The van der Waals surface area contributed by atoms with Gasteiger partial charge in [-0.05, 0) is 50.0 Å². The van der Waals surface area contributed by atoms with Crippen molar-refractivity contribution in [3.05, 3.63) is 35.9 Å². The van der Waals surface area contributed by atoms with E-state index in [-0.39, 0.29) is 44.6 Å². The summed E-state index contributed by atoms with van der Waals surface area (Å²) in [5.41, 5.74) is 18.0. The Bertz CT molecular complexity index is 1520. The van der Waals surface area contributed by atoms with Gasteiger partial charge < -0.3 is 52.4 Å². The van der Waals surface area contributed by atoms with Gasteiger partial charge in [-0.2, -0.15) is 0 Å². The summed E-state index contributed by atoms with van der Waals surface area (Å²) in [7, 11) is 2.95. The topological polar surface area (TPSA) is 254 Å². The van der Waals surface area contributed by atoms with Crippen LogP contribution in [0.5, 0.6) is 0 Å². The van der Waals surface area contributed by atoms with Gasteiger partial charge in [0.1, 0.15) is 48.6 Å². The first-order valence-electron chi connectivity index (χ1n) is 19.1. The van der Waals surface area contributed by atoms with Gasteiger partial charge in [0.05, 0.1) is 0 Å². The predicted molar refractivity (Wildman–Crippen MR) is 206 cm³/mol. The number of rotatable bonds is 11. The van der Waals surface area contributed by atoms with E-state index in [1.54, 1.807) is 6.92 Å². The molecule has 9 N–H and O–H groups in total. The van der Waals surface area contributed by atoms with Crippen LogP contribution in [-0.4, -0.2) is 121 Å². The van der Waals surface area contributed by atoms with Gasteiger partial charge in [-0.1, -0.05) is 70.9 Å². The molecule has 0 spiro atoms. The molecule has 1 aromatic rings. The Hall–Kier alpha value is -4.77. The molecule has 0 radical (unpaired) electrons. The molecule has 2 aliphatic heterocycles. The summed E-state index contributed by atoms with van der Waals surface area (Å²) in [4.78, 5) is 91.5. The molecule has 2 aliphatic rings. The minimum absolute atomic E-state index is 0.0737. The molecule has 1 aromatic carbocycles. The standard InChI is InChI=1S/C38H61N9O8/c1-8-21(3)30-37(53)55-23(5)29(39)34(50)43-25(16-13-19-42-38(40)41)32(48)44-26-17-18-28(54-7)47(35(26)51)31(22(4)9-2)36(52)46(6)27(33(49)45-30)20-24-14-11-10-12-15-24/h10-12,14-15,21-23,25-31H,8-9,13,16-20,39H2,1-7H3,(H,43,50)(H,44,48)(H,45,49)(H4,40,41,42)/t21-,22-,23+,25-,26-,27-,28+,29-,30-,31-/m0/s1. The summed E-state index contributed by atoms with van der Waals surface area (Å²) < 4.78 is 11.5. The fraction of sp³-hybridized carbons (Fsp3) is 0.658. The Balaban J connectivity index is 2.18. The van der Waals surface area contributed by atoms with Crippen molar-refractivity contribution in [2.45, 2.75) is 128 Å². The lowest BCUT2D eigenvalue weighted by molar-refractivity contribution is -0.171. The Morgan fingerprint density at radius 3 is 2.18 bits per heavy atom. The monoisotopic (exact) mass is 771 g/mol. The van der Waals surface area contributed by atoms with Gasteiger partial charge >= 0.3 is 5.97 Å². The molecule has 0 unspecified atom stereocenters. The van der Waals surface area contributed by atoms with Crippen LogP contribution in [0.3, 0.4) is 0 Å². The third-order valence-electron chi connectivity index (χ3n) is 10.7. The number of carbonyl (C=O) groups excluding carboxylic acids is 6. The molecule has 5 amide bonds. The van der Waals surface area contributed by atoms with Crippen LogP contribution in [0.2, 0.25) is 0 Å². The smallest absolute Gasteiger partial charge is 0.329 e. The number of hydrogen-bond acceptors (Lipinski definition) is 10. The molecule has 0 aliphatic carbocycles. The highest BCUT2D eigenvalue weighted by atomic mass is 16.5. The lowest BCUT2D eigenvalue weighted by atomic mass is 9.91. The zero-order chi connectivity index (χ0) is 41.0. The third kappa shape index (κ3) is 11.6. The predicted octanol–water partition coefficient (Wildman–Crippen LogP) is -0.108. The van der Waals surface area contributed by atoms with E-state index in [1.807, 2.05) is 51.1 Å². The maximum atomic E-state index is 14.8. The number of nitrogens with two attached hydrogens (primary N) is 3. The van der Waals surface area contributed by atoms with E-state index in [2.05, 4.69) is 20.9 Å². The number of benzene rings is 1. The minimum atomic E-state index is -1.41. The van der Waals surface area contributed by atoms with Gasteiger partial charge in [-0.25, -0.2) is 4.79 Å². The number of ether oxygens (including phenoxy) is 2. The molecule has 3 rings (SSSR count). The molecule has 0 saturated carbocycles. The number of nitrogens with one attached hydrogen (secondary N) is 3. The summed E-state index contributed by atoms with van der Waals surface area (Å²) in [5.74, 6) is -4.91. The number of piperidine rings is 1. The number of cyclic esters (lactones) is 1. The number of hydrogen-bond donors (Lipinski definition) is 6. The van der Waals surface area contributed by atoms with Gasteiger partial charge in [0.15, 0.2) is 5.96 Å². The maximum absolute atomic E-state index is 14.8. The molecule has 55 heavy (non-hydrogen) atoms. The van der Waals surface area contributed by atoms with Crippen LogP contribution >= 0.6 is 0 Å². The van der Waals surface area contributed by atoms with Crippen LogP contribution < -0.4 is 33.2 Å². The van der Waals surface area contributed by atoms with Crippen molar-refractivity contribution >= 4 is 41.5 Å². The number of likely N-dealkylation sites (N-methyl/N-ethyl adjacent to an activating group) is 1. The molecule has 2 bridgehead atoms. The number of fused-ring (bicyclic) bond motifs is 2. The number of esters is 1. The van der Waals surface area contributed by atoms with Gasteiger partial charge in [-0.15, -0.1) is 0 Å². The highest BCUT2D eigenvalue weighted by Crippen LogP contribution is 2.29. The first-order chi connectivity index (χ1) is 26.1. The lowest BCUT2D eigenvalue weighted by Crippen LogP contribution is -2.66. The zero-order valence-electron chi connectivity index (χ0n) is 33.2. The molecule has 2 fully saturated rings. The summed E-state index contributed by atoms with van der Waals surface area (Å²) in [6, 6.07) is 2.09. The molecule has 17 nitrogen and oxygen atoms in total. The van der Waals surface area contributed by atoms with Gasteiger partial charge in [0.2, 0.25) is 29.5 Å². The highest BCUT2D eigenvalue weighted by Gasteiger charge is 2.47. The van der Waals surface area contributed by atoms with E-state index >= 15 is 0 Å². The SMILES string of the molecule is CC[C@H](C)[C@@H]1NC(=O)[C@H](Cc2ccccc2)N(C)C(=O)[C@H]([C@@H](C)CC)N2C(=O)[C@H](CC[C@H]2OC)NC(=O)[C@H](CCCN=C(N)N)NC(=O)[C@@H](N)[C@@H](C)OC1=O. The molecule has 2 heterocycles. The number of methoxy groups -OCH3 is 1.